The molecule has 0 aliphatic heterocycles. The molecule has 38 valence electrons. The van der Waals surface area contributed by atoms with Crippen LogP contribution in [-0.2, 0) is 4.57 Å². The Labute approximate surface area is 45.3 Å². The van der Waals surface area contributed by atoms with E-state index >= 15 is 0 Å². The molecule has 0 heterocycles. The fourth-order valence-electron chi connectivity index (χ4n) is 0. The van der Waals surface area contributed by atoms with Gasteiger partial charge in [-0.2, -0.15) is 0 Å². The minimum absolute atomic E-state index is 0.380. The van der Waals surface area contributed by atoms with Crippen LogP contribution in [0.3, 0.4) is 0 Å². The molecule has 0 amide bonds. The molecule has 0 saturated carbocycles. The third-order valence-electron chi connectivity index (χ3n) is 0.147. The van der Waals surface area contributed by atoms with E-state index in [1.807, 2.05) is 0 Å². The van der Waals surface area contributed by atoms with E-state index in [2.05, 4.69) is 0 Å². The van der Waals surface area contributed by atoms with E-state index in [0.717, 1.165) is 0 Å². The van der Waals surface area contributed by atoms with Crippen molar-refractivity contribution in [3.63, 3.8) is 0 Å². The van der Waals surface area contributed by atoms with E-state index in [9.17, 15) is 4.57 Å². The second-order valence-corrected chi connectivity index (χ2v) is 4.51. The van der Waals surface area contributed by atoms with Gasteiger partial charge in [-0.25, -0.2) is 0 Å². The van der Waals surface area contributed by atoms with Gasteiger partial charge in [0.1, 0.15) is 5.62 Å². The van der Waals surface area contributed by atoms with Gasteiger partial charge >= 0.3 is 6.72 Å². The Morgan fingerprint density at radius 1 is 1.83 bits per heavy atom. The van der Waals surface area contributed by atoms with Crippen molar-refractivity contribution in [1.29, 1.82) is 0 Å². The lowest BCUT2D eigenvalue weighted by Gasteiger charge is -1.88. The average molecular weight is 149 g/mol. The maximum atomic E-state index is 9.77. The van der Waals surface area contributed by atoms with Crippen LogP contribution in [0.1, 0.15) is 0 Å². The minimum atomic E-state index is -3.41. The summed E-state index contributed by atoms with van der Waals surface area (Å²) in [5.74, 6) is 0. The number of alkyl halides is 1. The summed E-state index contributed by atoms with van der Waals surface area (Å²) < 4.78 is 9.77. The molecule has 5 heteroatoms. The first-order chi connectivity index (χ1) is 2.56. The van der Waals surface area contributed by atoms with Crippen LogP contribution in [0.4, 0.5) is 0 Å². The first-order valence-corrected chi connectivity index (χ1v) is 4.42. The topological polar surface area (TPSA) is 37.3 Å². The van der Waals surface area contributed by atoms with Gasteiger partial charge in [0.15, 0.2) is 0 Å². The highest BCUT2D eigenvalue weighted by molar-refractivity contribution is 7.85. The van der Waals surface area contributed by atoms with Crippen molar-refractivity contribution >= 4 is 29.6 Å². The zero-order chi connectivity index (χ0) is 5.21. The van der Waals surface area contributed by atoms with Crippen LogP contribution in [-0.4, -0.2) is 10.5 Å². The molecule has 0 rings (SSSR count). The molecule has 0 aromatic carbocycles. The van der Waals surface area contributed by atoms with Crippen molar-refractivity contribution in [2.75, 3.05) is 5.62 Å². The predicted octanol–water partition coefficient (Wildman–Crippen LogP) is 1.61. The molecule has 1 N–H and O–H groups in total. The highest BCUT2D eigenvalue weighted by Gasteiger charge is 2.07. The van der Waals surface area contributed by atoms with Gasteiger partial charge in [-0.05, 0) is 11.2 Å². The second kappa shape index (κ2) is 2.17. The molecule has 0 bridgehead atoms. The Kier molecular flexibility index (Phi) is 2.45. The third-order valence-corrected chi connectivity index (χ3v) is 2.14. The van der Waals surface area contributed by atoms with E-state index in [1.54, 1.807) is 0 Å². The van der Waals surface area contributed by atoms with Gasteiger partial charge in [0.25, 0.3) is 0 Å². The summed E-state index contributed by atoms with van der Waals surface area (Å²) in [5.41, 5.74) is -0.380. The van der Waals surface area contributed by atoms with Gasteiger partial charge in [-0.1, -0.05) is 0 Å². The molecule has 1 unspecified atom stereocenters. The van der Waals surface area contributed by atoms with Crippen molar-refractivity contribution in [2.45, 2.75) is 0 Å². The van der Waals surface area contributed by atoms with E-state index in [-0.39, 0.29) is 5.62 Å². The summed E-state index contributed by atoms with van der Waals surface area (Å²) in [5, 5.41) is 0. The van der Waals surface area contributed by atoms with E-state index in [4.69, 9.17) is 27.7 Å². The van der Waals surface area contributed by atoms with Crippen LogP contribution in [0.2, 0.25) is 0 Å². The van der Waals surface area contributed by atoms with Crippen LogP contribution in [0.25, 0.3) is 0 Å². The highest BCUT2D eigenvalue weighted by Crippen LogP contribution is 2.46. The molecule has 0 spiro atoms. The quantitative estimate of drug-likeness (QED) is 0.454. The van der Waals surface area contributed by atoms with E-state index in [0.29, 0.717) is 0 Å². The Morgan fingerprint density at radius 2 is 2.00 bits per heavy atom. The summed E-state index contributed by atoms with van der Waals surface area (Å²) >= 11 is 9.53. The van der Waals surface area contributed by atoms with Crippen LogP contribution in [0.5, 0.6) is 0 Å². The van der Waals surface area contributed by atoms with Crippen LogP contribution in [0.15, 0.2) is 0 Å². The van der Waals surface area contributed by atoms with Gasteiger partial charge in [0, 0.05) is 0 Å². The summed E-state index contributed by atoms with van der Waals surface area (Å²) in [4.78, 5) is 8.02. The first-order valence-electron chi connectivity index (χ1n) is 1.14. The van der Waals surface area contributed by atoms with Crippen LogP contribution >= 0.6 is 29.6 Å². The molecule has 0 radical (unpaired) electrons. The zero-order valence-corrected chi connectivity index (χ0v) is 5.17. The monoisotopic (exact) mass is 148 g/mol. The summed E-state index contributed by atoms with van der Waals surface area (Å²) in [6.07, 6.45) is 0. The van der Waals surface area contributed by atoms with Crippen molar-refractivity contribution in [3.8, 4) is 0 Å². The Balaban J connectivity index is 3.48. The number of hydrogen-bond acceptors (Lipinski definition) is 1. The molecule has 0 aliphatic rings. The molecule has 0 fully saturated rings. The Morgan fingerprint density at radius 3 is 2.00 bits per heavy atom. The number of hydrogen-bond donors (Lipinski definition) is 1. The van der Waals surface area contributed by atoms with Gasteiger partial charge in [-0.15, -0.1) is 11.6 Å². The summed E-state index contributed by atoms with van der Waals surface area (Å²) in [7, 11) is 0. The maximum Gasteiger partial charge on any atom is 0.302 e. The molecular weight excluding hydrogens is 146 g/mol. The second-order valence-electron chi connectivity index (χ2n) is 0.736. The van der Waals surface area contributed by atoms with Crippen molar-refractivity contribution in [1.82, 2.24) is 0 Å². The number of rotatable bonds is 1. The lowest BCUT2D eigenvalue weighted by molar-refractivity contribution is 0.500. The molecule has 0 aliphatic carbocycles. The molecule has 2 nitrogen and oxygen atoms in total. The van der Waals surface area contributed by atoms with Crippen molar-refractivity contribution < 1.29 is 9.46 Å². The van der Waals surface area contributed by atoms with Gasteiger partial charge < -0.3 is 4.89 Å². The smallest absolute Gasteiger partial charge is 0.302 e. The first kappa shape index (κ1) is 6.77. The van der Waals surface area contributed by atoms with E-state index in [1.165, 1.54) is 0 Å². The maximum absolute atomic E-state index is 9.77. The largest absolute Gasteiger partial charge is 0.332 e. The lowest BCUT2D eigenvalue weighted by Crippen LogP contribution is -1.64. The van der Waals surface area contributed by atoms with E-state index < -0.39 is 6.72 Å². The fraction of sp³-hybridized carbons (Fsp3) is 1.00. The lowest BCUT2D eigenvalue weighted by atomic mass is 11.9. The Hall–Kier alpha value is 0.770. The summed E-state index contributed by atoms with van der Waals surface area (Å²) in [6.45, 7) is -3.41. The standard InChI is InChI=1S/CH3Cl2O2P/c2-1-6(3,4)5/h1H2,(H,4,5). The molecule has 0 aromatic rings. The van der Waals surface area contributed by atoms with Crippen LogP contribution < -0.4 is 0 Å². The summed E-state index contributed by atoms with van der Waals surface area (Å²) in [6, 6.07) is 0. The van der Waals surface area contributed by atoms with Crippen LogP contribution in [0, 0.1) is 0 Å². The van der Waals surface area contributed by atoms with Gasteiger partial charge in [-0.3, -0.25) is 4.57 Å². The fourth-order valence-corrected chi connectivity index (χ4v) is 0. The Bertz CT molecular complexity index is 75.6. The highest BCUT2D eigenvalue weighted by atomic mass is 35.7. The predicted molar refractivity (Wildman–Crippen MR) is 26.4 cm³/mol. The van der Waals surface area contributed by atoms with Gasteiger partial charge in [0.05, 0.1) is 0 Å². The molecular formula is CH3Cl2O2P. The molecule has 6 heavy (non-hydrogen) atoms. The molecule has 0 aromatic heterocycles. The zero-order valence-electron chi connectivity index (χ0n) is 2.77. The molecule has 1 atom stereocenters. The number of halogens is 2. The SMILES string of the molecule is O=P(O)(Cl)CCl. The third kappa shape index (κ3) is 4.77. The average Bonchev–Trinajstić information content (AvgIpc) is 1.35. The van der Waals surface area contributed by atoms with Crippen molar-refractivity contribution in [3.05, 3.63) is 0 Å². The normalized spacial score (nSPS) is 19.8. The van der Waals surface area contributed by atoms with Crippen molar-refractivity contribution in [2.24, 2.45) is 0 Å². The molecule has 0 saturated heterocycles. The van der Waals surface area contributed by atoms with Gasteiger partial charge in [0.2, 0.25) is 0 Å². The minimum Gasteiger partial charge on any atom is -0.332 e.